The van der Waals surface area contributed by atoms with Crippen molar-refractivity contribution in [3.8, 4) is 5.75 Å². The quantitative estimate of drug-likeness (QED) is 0.555. The van der Waals surface area contributed by atoms with Gasteiger partial charge in [-0.1, -0.05) is 12.1 Å². The molecule has 4 N–H and O–H groups in total. The Labute approximate surface area is 163 Å². The van der Waals surface area contributed by atoms with Crippen molar-refractivity contribution >= 4 is 23.5 Å². The van der Waals surface area contributed by atoms with Crippen LogP contribution in [0.25, 0.3) is 0 Å². The number of carbonyl (C=O) groups excluding carboxylic acids is 2. The minimum Gasteiger partial charge on any atom is -0.497 e. The number of nitrogen functional groups attached to an aromatic ring is 1. The molecular formula is C20H23N5O3. The Morgan fingerprint density at radius 2 is 1.46 bits per heavy atom. The first-order valence-electron chi connectivity index (χ1n) is 8.91. The molecule has 0 aliphatic carbocycles. The van der Waals surface area contributed by atoms with Crippen molar-refractivity contribution in [2.45, 2.75) is 0 Å². The molecule has 8 heteroatoms. The van der Waals surface area contributed by atoms with E-state index in [2.05, 4.69) is 5.32 Å². The highest BCUT2D eigenvalue weighted by atomic mass is 16.5. The van der Waals surface area contributed by atoms with Gasteiger partial charge in [0.1, 0.15) is 11.6 Å². The number of nitrogens with two attached hydrogens (primary N) is 1. The van der Waals surface area contributed by atoms with E-state index in [0.29, 0.717) is 43.0 Å². The Kier molecular flexibility index (Phi) is 5.78. The van der Waals surface area contributed by atoms with Crippen LogP contribution < -0.4 is 15.8 Å². The number of ether oxygens (including phenoxy) is 1. The third-order valence-corrected chi connectivity index (χ3v) is 4.64. The molecule has 1 aliphatic rings. The molecule has 1 aliphatic heterocycles. The van der Waals surface area contributed by atoms with Crippen molar-refractivity contribution in [1.29, 1.82) is 5.41 Å². The van der Waals surface area contributed by atoms with Gasteiger partial charge in [-0.05, 0) is 36.4 Å². The van der Waals surface area contributed by atoms with Crippen LogP contribution in [0.1, 0.15) is 15.9 Å². The van der Waals surface area contributed by atoms with Gasteiger partial charge >= 0.3 is 6.03 Å². The molecule has 0 unspecified atom stereocenters. The van der Waals surface area contributed by atoms with E-state index in [4.69, 9.17) is 15.9 Å². The van der Waals surface area contributed by atoms with E-state index in [-0.39, 0.29) is 17.8 Å². The van der Waals surface area contributed by atoms with Gasteiger partial charge in [-0.3, -0.25) is 10.2 Å². The smallest absolute Gasteiger partial charge is 0.321 e. The van der Waals surface area contributed by atoms with Crippen LogP contribution in [0.3, 0.4) is 0 Å². The van der Waals surface area contributed by atoms with E-state index >= 15 is 0 Å². The predicted molar refractivity (Wildman–Crippen MR) is 107 cm³/mol. The first-order chi connectivity index (χ1) is 13.5. The van der Waals surface area contributed by atoms with Crippen LogP contribution in [-0.4, -0.2) is 60.9 Å². The van der Waals surface area contributed by atoms with Crippen molar-refractivity contribution in [2.75, 3.05) is 38.6 Å². The number of nitrogens with one attached hydrogen (secondary N) is 2. The summed E-state index contributed by atoms with van der Waals surface area (Å²) in [6.45, 7) is 1.84. The Hall–Kier alpha value is -3.55. The first kappa shape index (κ1) is 19.2. The number of methoxy groups -OCH3 is 1. The van der Waals surface area contributed by atoms with Gasteiger partial charge in [0.15, 0.2) is 0 Å². The highest BCUT2D eigenvalue weighted by Crippen LogP contribution is 2.16. The number of hydrogen-bond donors (Lipinski definition) is 3. The number of rotatable bonds is 4. The molecule has 1 heterocycles. The molecule has 0 spiro atoms. The van der Waals surface area contributed by atoms with Gasteiger partial charge in [0.2, 0.25) is 0 Å². The molecule has 3 amide bonds. The van der Waals surface area contributed by atoms with Crippen LogP contribution in [-0.2, 0) is 0 Å². The molecule has 0 aromatic heterocycles. The molecule has 146 valence electrons. The zero-order chi connectivity index (χ0) is 20.1. The summed E-state index contributed by atoms with van der Waals surface area (Å²) in [6.07, 6.45) is 0. The van der Waals surface area contributed by atoms with Crippen LogP contribution in [0.2, 0.25) is 0 Å². The molecule has 1 fully saturated rings. The standard InChI is InChI=1S/C20H23N5O3/c1-28-17-8-6-16(7-9-17)23-20(27)25-12-10-24(11-13-25)19(26)15-4-2-14(3-5-15)18(21)22/h2-9H,10-13H2,1H3,(H3,21,22)(H,23,27). The van der Waals surface area contributed by atoms with Crippen LogP contribution in [0.5, 0.6) is 5.75 Å². The van der Waals surface area contributed by atoms with Gasteiger partial charge in [0.05, 0.1) is 7.11 Å². The lowest BCUT2D eigenvalue weighted by Gasteiger charge is -2.34. The average Bonchev–Trinajstić information content (AvgIpc) is 2.74. The minimum absolute atomic E-state index is 0.0320. The van der Waals surface area contributed by atoms with Gasteiger partial charge in [-0.2, -0.15) is 0 Å². The van der Waals surface area contributed by atoms with Gasteiger partial charge in [0, 0.05) is 43.0 Å². The fourth-order valence-electron chi connectivity index (χ4n) is 2.96. The highest BCUT2D eigenvalue weighted by Gasteiger charge is 2.25. The number of urea groups is 1. The predicted octanol–water partition coefficient (Wildman–Crippen LogP) is 1.97. The third kappa shape index (κ3) is 4.40. The molecule has 0 radical (unpaired) electrons. The van der Waals surface area contributed by atoms with E-state index < -0.39 is 0 Å². The van der Waals surface area contributed by atoms with Gasteiger partial charge in [0.25, 0.3) is 5.91 Å². The Morgan fingerprint density at radius 1 is 0.929 bits per heavy atom. The number of piperazine rings is 1. The molecule has 3 rings (SSSR count). The normalized spacial score (nSPS) is 13.8. The Bertz CT molecular complexity index is 856. The lowest BCUT2D eigenvalue weighted by atomic mass is 10.1. The van der Waals surface area contributed by atoms with Gasteiger partial charge in [-0.25, -0.2) is 4.79 Å². The van der Waals surface area contributed by atoms with E-state index in [1.54, 1.807) is 65.4 Å². The van der Waals surface area contributed by atoms with Crippen molar-refractivity contribution in [1.82, 2.24) is 9.80 Å². The van der Waals surface area contributed by atoms with Gasteiger partial charge in [-0.15, -0.1) is 0 Å². The lowest BCUT2D eigenvalue weighted by molar-refractivity contribution is 0.0671. The fourth-order valence-corrected chi connectivity index (χ4v) is 2.96. The molecule has 28 heavy (non-hydrogen) atoms. The van der Waals surface area contributed by atoms with Crippen molar-refractivity contribution < 1.29 is 14.3 Å². The molecule has 2 aromatic carbocycles. The maximum atomic E-state index is 12.6. The topological polar surface area (TPSA) is 112 Å². The second kappa shape index (κ2) is 8.43. The maximum Gasteiger partial charge on any atom is 0.321 e. The van der Waals surface area contributed by atoms with Crippen LogP contribution in [0.15, 0.2) is 48.5 Å². The van der Waals surface area contributed by atoms with Crippen LogP contribution in [0.4, 0.5) is 10.5 Å². The monoisotopic (exact) mass is 381 g/mol. The fraction of sp³-hybridized carbons (Fsp3) is 0.250. The lowest BCUT2D eigenvalue weighted by Crippen LogP contribution is -2.51. The van der Waals surface area contributed by atoms with E-state index in [9.17, 15) is 9.59 Å². The minimum atomic E-state index is -0.192. The zero-order valence-corrected chi connectivity index (χ0v) is 15.6. The highest BCUT2D eigenvalue weighted by molar-refractivity contribution is 5.98. The SMILES string of the molecule is COc1ccc(NC(=O)N2CCN(C(=O)c3ccc(C(=N)N)cc3)CC2)cc1. The molecule has 0 saturated carbocycles. The Balaban J connectivity index is 1.53. The molecular weight excluding hydrogens is 358 g/mol. The Morgan fingerprint density at radius 3 is 2.00 bits per heavy atom. The second-order valence-corrected chi connectivity index (χ2v) is 6.43. The summed E-state index contributed by atoms with van der Waals surface area (Å²) in [6, 6.07) is 13.6. The number of hydrogen-bond acceptors (Lipinski definition) is 4. The zero-order valence-electron chi connectivity index (χ0n) is 15.6. The summed E-state index contributed by atoms with van der Waals surface area (Å²) in [5, 5.41) is 10.3. The van der Waals surface area contributed by atoms with E-state index in [1.807, 2.05) is 0 Å². The summed E-state index contributed by atoms with van der Waals surface area (Å²) in [4.78, 5) is 28.4. The van der Waals surface area contributed by atoms with Crippen molar-refractivity contribution in [3.63, 3.8) is 0 Å². The second-order valence-electron chi connectivity index (χ2n) is 6.43. The number of carbonyl (C=O) groups is 2. The molecule has 8 nitrogen and oxygen atoms in total. The summed E-state index contributed by atoms with van der Waals surface area (Å²) in [7, 11) is 1.59. The number of anilines is 1. The largest absolute Gasteiger partial charge is 0.497 e. The summed E-state index contributed by atoms with van der Waals surface area (Å²) < 4.78 is 5.10. The van der Waals surface area contributed by atoms with Crippen molar-refractivity contribution in [2.24, 2.45) is 5.73 Å². The number of amidine groups is 1. The molecule has 2 aromatic rings. The molecule has 0 bridgehead atoms. The number of nitrogens with zero attached hydrogens (tertiary/aromatic N) is 2. The molecule has 0 atom stereocenters. The van der Waals surface area contributed by atoms with E-state index in [0.717, 1.165) is 5.75 Å². The first-order valence-corrected chi connectivity index (χ1v) is 8.91. The van der Waals surface area contributed by atoms with Crippen LogP contribution in [0, 0.1) is 5.41 Å². The van der Waals surface area contributed by atoms with Crippen molar-refractivity contribution in [3.05, 3.63) is 59.7 Å². The van der Waals surface area contributed by atoms with E-state index in [1.165, 1.54) is 0 Å². The average molecular weight is 381 g/mol. The number of amides is 3. The summed E-state index contributed by atoms with van der Waals surface area (Å²) >= 11 is 0. The molecule has 1 saturated heterocycles. The maximum absolute atomic E-state index is 12.6. The number of benzene rings is 2. The third-order valence-electron chi connectivity index (χ3n) is 4.64. The summed E-state index contributed by atoms with van der Waals surface area (Å²) in [5.41, 5.74) is 7.25. The van der Waals surface area contributed by atoms with Gasteiger partial charge < -0.3 is 25.6 Å². The summed E-state index contributed by atoms with van der Waals surface area (Å²) in [5.74, 6) is 0.599. The van der Waals surface area contributed by atoms with Crippen LogP contribution >= 0.6 is 0 Å².